The summed E-state index contributed by atoms with van der Waals surface area (Å²) in [6.45, 7) is 2.74. The standard InChI is InChI=1S/C22H25FN2OS/c23-18-6-10-21(11-7-18)27-16-22(26)25-13-12-24(19-8-9-19)15-20(25)14-17-4-2-1-3-5-17/h1-7,10-11,19-20H,8-9,12-16H2. The van der Waals surface area contributed by atoms with Gasteiger partial charge < -0.3 is 4.90 Å². The molecule has 0 N–H and O–H groups in total. The number of carbonyl (C=O) groups is 1. The second kappa shape index (κ2) is 8.44. The van der Waals surface area contributed by atoms with Crippen molar-refractivity contribution in [1.82, 2.24) is 9.80 Å². The second-order valence-electron chi connectivity index (χ2n) is 7.40. The first-order chi connectivity index (χ1) is 13.2. The number of nitrogens with zero attached hydrogens (tertiary/aromatic N) is 2. The number of amides is 1. The van der Waals surface area contributed by atoms with Gasteiger partial charge in [-0.05, 0) is 49.1 Å². The fourth-order valence-corrected chi connectivity index (χ4v) is 4.58. The molecule has 2 fully saturated rings. The lowest BCUT2D eigenvalue weighted by Crippen LogP contribution is -2.56. The van der Waals surface area contributed by atoms with Crippen molar-refractivity contribution < 1.29 is 9.18 Å². The zero-order chi connectivity index (χ0) is 18.6. The van der Waals surface area contributed by atoms with E-state index in [2.05, 4.69) is 34.1 Å². The van der Waals surface area contributed by atoms with Gasteiger partial charge in [0.1, 0.15) is 5.82 Å². The third kappa shape index (κ3) is 4.90. The van der Waals surface area contributed by atoms with Crippen molar-refractivity contribution >= 4 is 17.7 Å². The van der Waals surface area contributed by atoms with Crippen LogP contribution in [0.15, 0.2) is 59.5 Å². The number of hydrogen-bond acceptors (Lipinski definition) is 3. The van der Waals surface area contributed by atoms with E-state index in [9.17, 15) is 9.18 Å². The Labute approximate surface area is 164 Å². The number of piperazine rings is 1. The van der Waals surface area contributed by atoms with Crippen LogP contribution < -0.4 is 0 Å². The summed E-state index contributed by atoms with van der Waals surface area (Å²) >= 11 is 1.49. The summed E-state index contributed by atoms with van der Waals surface area (Å²) in [4.78, 5) is 18.5. The van der Waals surface area contributed by atoms with E-state index in [4.69, 9.17) is 0 Å². The smallest absolute Gasteiger partial charge is 0.233 e. The summed E-state index contributed by atoms with van der Waals surface area (Å²) in [5, 5.41) is 0. The molecule has 142 valence electrons. The summed E-state index contributed by atoms with van der Waals surface area (Å²) in [7, 11) is 0. The highest BCUT2D eigenvalue weighted by Crippen LogP contribution is 2.30. The summed E-state index contributed by atoms with van der Waals surface area (Å²) in [6.07, 6.45) is 3.50. The van der Waals surface area contributed by atoms with Crippen molar-refractivity contribution in [3.8, 4) is 0 Å². The maximum absolute atomic E-state index is 13.1. The van der Waals surface area contributed by atoms with Crippen molar-refractivity contribution in [2.45, 2.75) is 36.2 Å². The molecule has 0 bridgehead atoms. The number of rotatable bonds is 6. The first kappa shape index (κ1) is 18.5. The van der Waals surface area contributed by atoms with Crippen LogP contribution in [-0.4, -0.2) is 53.2 Å². The van der Waals surface area contributed by atoms with E-state index >= 15 is 0 Å². The largest absolute Gasteiger partial charge is 0.336 e. The van der Waals surface area contributed by atoms with Crippen LogP contribution in [0.2, 0.25) is 0 Å². The minimum Gasteiger partial charge on any atom is -0.336 e. The Morgan fingerprint density at radius 1 is 1.04 bits per heavy atom. The molecule has 0 spiro atoms. The highest BCUT2D eigenvalue weighted by atomic mass is 32.2. The Morgan fingerprint density at radius 3 is 2.48 bits per heavy atom. The van der Waals surface area contributed by atoms with Gasteiger partial charge in [0.05, 0.1) is 5.75 Å². The van der Waals surface area contributed by atoms with Gasteiger partial charge in [-0.1, -0.05) is 30.3 Å². The lowest BCUT2D eigenvalue weighted by Gasteiger charge is -2.42. The Bertz CT molecular complexity index is 764. The fourth-order valence-electron chi connectivity index (χ4n) is 3.80. The van der Waals surface area contributed by atoms with Crippen LogP contribution in [-0.2, 0) is 11.2 Å². The molecule has 3 nitrogen and oxygen atoms in total. The van der Waals surface area contributed by atoms with Crippen LogP contribution in [0, 0.1) is 5.82 Å². The lowest BCUT2D eigenvalue weighted by molar-refractivity contribution is -0.133. The van der Waals surface area contributed by atoms with Gasteiger partial charge in [0, 0.05) is 36.6 Å². The van der Waals surface area contributed by atoms with Crippen molar-refractivity contribution in [3.05, 3.63) is 66.0 Å². The second-order valence-corrected chi connectivity index (χ2v) is 8.45. The molecule has 0 radical (unpaired) electrons. The fraction of sp³-hybridized carbons (Fsp3) is 0.409. The molecule has 1 aliphatic heterocycles. The van der Waals surface area contributed by atoms with Crippen LogP contribution in [0.4, 0.5) is 4.39 Å². The molecule has 1 saturated carbocycles. The van der Waals surface area contributed by atoms with Gasteiger partial charge in [0.2, 0.25) is 5.91 Å². The normalized spacial score (nSPS) is 20.6. The third-order valence-corrected chi connectivity index (χ3v) is 6.38. The molecule has 5 heteroatoms. The average Bonchev–Trinajstić information content (AvgIpc) is 3.53. The summed E-state index contributed by atoms with van der Waals surface area (Å²) in [5.41, 5.74) is 1.28. The maximum Gasteiger partial charge on any atom is 0.233 e. The molecule has 2 aromatic rings. The molecule has 1 aliphatic carbocycles. The van der Waals surface area contributed by atoms with Crippen molar-refractivity contribution in [2.24, 2.45) is 0 Å². The molecule has 1 unspecified atom stereocenters. The van der Waals surface area contributed by atoms with E-state index in [-0.39, 0.29) is 17.8 Å². The molecule has 1 heterocycles. The van der Waals surface area contributed by atoms with Gasteiger partial charge in [0.15, 0.2) is 0 Å². The Kier molecular flexibility index (Phi) is 5.79. The Balaban J connectivity index is 1.41. The number of benzene rings is 2. The van der Waals surface area contributed by atoms with Crippen molar-refractivity contribution in [2.75, 3.05) is 25.4 Å². The first-order valence-electron chi connectivity index (χ1n) is 9.65. The van der Waals surface area contributed by atoms with E-state index in [0.29, 0.717) is 5.75 Å². The van der Waals surface area contributed by atoms with Crippen molar-refractivity contribution in [3.63, 3.8) is 0 Å². The number of halogens is 1. The molecule has 1 atom stereocenters. The third-order valence-electron chi connectivity index (χ3n) is 5.39. The van der Waals surface area contributed by atoms with Crippen LogP contribution in [0.5, 0.6) is 0 Å². The predicted octanol–water partition coefficient (Wildman–Crippen LogP) is 3.84. The average molecular weight is 385 g/mol. The molecule has 2 aliphatic rings. The Hall–Kier alpha value is -1.85. The van der Waals surface area contributed by atoms with E-state index in [1.165, 1.54) is 42.3 Å². The van der Waals surface area contributed by atoms with Gasteiger partial charge in [0.25, 0.3) is 0 Å². The molecule has 4 rings (SSSR count). The Morgan fingerprint density at radius 2 is 1.78 bits per heavy atom. The summed E-state index contributed by atoms with van der Waals surface area (Å²) < 4.78 is 13.1. The number of hydrogen-bond donors (Lipinski definition) is 0. The van der Waals surface area contributed by atoms with Crippen LogP contribution in [0.1, 0.15) is 18.4 Å². The monoisotopic (exact) mass is 384 g/mol. The predicted molar refractivity (Wildman–Crippen MR) is 107 cm³/mol. The highest BCUT2D eigenvalue weighted by Gasteiger charge is 2.37. The van der Waals surface area contributed by atoms with Crippen LogP contribution >= 0.6 is 11.8 Å². The maximum atomic E-state index is 13.1. The van der Waals surface area contributed by atoms with Crippen molar-refractivity contribution in [1.29, 1.82) is 0 Å². The van der Waals surface area contributed by atoms with Crippen LogP contribution in [0.3, 0.4) is 0 Å². The van der Waals surface area contributed by atoms with Gasteiger partial charge in [-0.15, -0.1) is 11.8 Å². The van der Waals surface area contributed by atoms with Gasteiger partial charge in [-0.3, -0.25) is 9.69 Å². The topological polar surface area (TPSA) is 23.6 Å². The zero-order valence-electron chi connectivity index (χ0n) is 15.4. The van der Waals surface area contributed by atoms with E-state index < -0.39 is 0 Å². The highest BCUT2D eigenvalue weighted by molar-refractivity contribution is 8.00. The summed E-state index contributed by atoms with van der Waals surface area (Å²) in [5.74, 6) is 0.339. The minimum absolute atomic E-state index is 0.181. The van der Waals surface area contributed by atoms with Gasteiger partial charge in [-0.2, -0.15) is 0 Å². The molecular formula is C22H25FN2OS. The number of carbonyl (C=O) groups excluding carboxylic acids is 1. The van der Waals surface area contributed by atoms with E-state index in [1.807, 2.05) is 6.07 Å². The van der Waals surface area contributed by atoms with Gasteiger partial charge in [-0.25, -0.2) is 4.39 Å². The van der Waals surface area contributed by atoms with E-state index in [1.54, 1.807) is 12.1 Å². The van der Waals surface area contributed by atoms with Gasteiger partial charge >= 0.3 is 0 Å². The lowest BCUT2D eigenvalue weighted by atomic mass is 10.0. The minimum atomic E-state index is -0.246. The molecule has 1 saturated heterocycles. The SMILES string of the molecule is O=C(CSc1ccc(F)cc1)N1CCN(C2CC2)CC1Cc1ccccc1. The van der Waals surface area contributed by atoms with E-state index in [0.717, 1.165) is 37.0 Å². The quantitative estimate of drug-likeness (QED) is 0.707. The molecular weight excluding hydrogens is 359 g/mol. The first-order valence-corrected chi connectivity index (χ1v) is 10.6. The van der Waals surface area contributed by atoms with Crippen LogP contribution in [0.25, 0.3) is 0 Å². The molecule has 2 aromatic carbocycles. The number of thioether (sulfide) groups is 1. The molecule has 1 amide bonds. The molecule has 27 heavy (non-hydrogen) atoms. The zero-order valence-corrected chi connectivity index (χ0v) is 16.2. The summed E-state index contributed by atoms with van der Waals surface area (Å²) in [6, 6.07) is 17.8. The molecule has 0 aromatic heterocycles.